The average Bonchev–Trinajstić information content (AvgIpc) is 2.47. The van der Waals surface area contributed by atoms with Crippen molar-refractivity contribution < 1.29 is 0 Å². The first kappa shape index (κ1) is 11.5. The van der Waals surface area contributed by atoms with Gasteiger partial charge in [0.1, 0.15) is 0 Å². The van der Waals surface area contributed by atoms with Crippen molar-refractivity contribution in [3.8, 4) is 0 Å². The third-order valence-corrected chi connectivity index (χ3v) is 3.07. The Labute approximate surface area is 112 Å². The topological polar surface area (TPSA) is 38.9 Å². The average molecular weight is 246 g/mol. The van der Waals surface area contributed by atoms with Crippen molar-refractivity contribution in [2.24, 2.45) is 0 Å². The number of fused-ring (bicyclic) bond motifs is 1. The third-order valence-electron chi connectivity index (χ3n) is 3.07. The lowest BCUT2D eigenvalue weighted by atomic mass is 10.1. The number of rotatable bonds is 2. The summed E-state index contributed by atoms with van der Waals surface area (Å²) in [7, 11) is 0. The van der Waals surface area contributed by atoms with Crippen molar-refractivity contribution in [1.29, 1.82) is 0 Å². The van der Waals surface area contributed by atoms with Crippen LogP contribution in [0.1, 0.15) is 11.1 Å². The number of nitrogen functional groups attached to an aromatic ring is 1. The van der Waals surface area contributed by atoms with Crippen molar-refractivity contribution in [3.63, 3.8) is 0 Å². The summed E-state index contributed by atoms with van der Waals surface area (Å²) in [5.41, 5.74) is 9.78. The van der Waals surface area contributed by atoms with Crippen LogP contribution in [-0.2, 0) is 0 Å². The maximum absolute atomic E-state index is 5.68. The zero-order chi connectivity index (χ0) is 13.1. The Morgan fingerprint density at radius 1 is 0.842 bits per heavy atom. The molecule has 2 nitrogen and oxygen atoms in total. The summed E-state index contributed by atoms with van der Waals surface area (Å²) in [5.74, 6) is 0. The Kier molecular flexibility index (Phi) is 2.99. The van der Waals surface area contributed by atoms with Gasteiger partial charge in [0.15, 0.2) is 0 Å². The molecule has 0 saturated carbocycles. The lowest BCUT2D eigenvalue weighted by molar-refractivity contribution is 1.41. The van der Waals surface area contributed by atoms with E-state index in [1.54, 1.807) is 0 Å². The quantitative estimate of drug-likeness (QED) is 0.694. The normalized spacial score (nSPS) is 11.2. The Bertz CT molecular complexity index is 722. The van der Waals surface area contributed by atoms with E-state index in [-0.39, 0.29) is 0 Å². The van der Waals surface area contributed by atoms with Gasteiger partial charge >= 0.3 is 0 Å². The van der Waals surface area contributed by atoms with Crippen LogP contribution < -0.4 is 5.73 Å². The largest absolute Gasteiger partial charge is 0.399 e. The van der Waals surface area contributed by atoms with Crippen LogP contribution in [0.5, 0.6) is 0 Å². The van der Waals surface area contributed by atoms with Gasteiger partial charge in [-0.1, -0.05) is 42.5 Å². The van der Waals surface area contributed by atoms with Gasteiger partial charge in [0.25, 0.3) is 0 Å². The second kappa shape index (κ2) is 4.94. The zero-order valence-corrected chi connectivity index (χ0v) is 10.5. The molecule has 0 spiro atoms. The zero-order valence-electron chi connectivity index (χ0n) is 10.5. The molecule has 0 aliphatic heterocycles. The van der Waals surface area contributed by atoms with Crippen LogP contribution in [0.15, 0.2) is 60.8 Å². The lowest BCUT2D eigenvalue weighted by Crippen LogP contribution is -1.83. The summed E-state index contributed by atoms with van der Waals surface area (Å²) < 4.78 is 0. The molecule has 19 heavy (non-hydrogen) atoms. The molecule has 1 heterocycles. The highest BCUT2D eigenvalue weighted by Gasteiger charge is 1.97. The molecule has 3 rings (SSSR count). The number of nitrogens with two attached hydrogens (primary N) is 1. The molecule has 0 fully saturated rings. The molecule has 0 bridgehead atoms. The third kappa shape index (κ3) is 2.47. The molecule has 0 aliphatic carbocycles. The summed E-state index contributed by atoms with van der Waals surface area (Å²) >= 11 is 0. The van der Waals surface area contributed by atoms with Gasteiger partial charge in [-0.25, -0.2) is 0 Å². The summed E-state index contributed by atoms with van der Waals surface area (Å²) in [5, 5.41) is 1.16. The number of nitrogens with zero attached hydrogens (tertiary/aromatic N) is 1. The maximum atomic E-state index is 5.68. The first-order chi connectivity index (χ1) is 9.33. The highest BCUT2D eigenvalue weighted by atomic mass is 14.6. The van der Waals surface area contributed by atoms with E-state index in [1.165, 1.54) is 5.56 Å². The van der Waals surface area contributed by atoms with E-state index < -0.39 is 0 Å². The number of benzene rings is 2. The molecule has 92 valence electrons. The molecule has 1 aromatic heterocycles. The van der Waals surface area contributed by atoms with E-state index in [0.29, 0.717) is 0 Å². The van der Waals surface area contributed by atoms with Crippen molar-refractivity contribution in [3.05, 3.63) is 71.9 Å². The molecule has 0 atom stereocenters. The molecule has 2 N–H and O–H groups in total. The molecule has 0 aliphatic rings. The van der Waals surface area contributed by atoms with Crippen LogP contribution in [0.3, 0.4) is 0 Å². The predicted octanol–water partition coefficient (Wildman–Crippen LogP) is 3.99. The molecular weight excluding hydrogens is 232 g/mol. The predicted molar refractivity (Wildman–Crippen MR) is 81.5 cm³/mol. The standard InChI is InChI=1S/C17H14N2/c18-15-9-6-13(7-10-15)5-8-14-11-12-19-17-4-2-1-3-16(14)17/h1-12H,18H2. The van der Waals surface area contributed by atoms with Crippen molar-refractivity contribution in [1.82, 2.24) is 4.98 Å². The van der Waals surface area contributed by atoms with Gasteiger partial charge in [-0.15, -0.1) is 0 Å². The Balaban J connectivity index is 1.99. The number of pyridine rings is 1. The second-order valence-corrected chi connectivity index (χ2v) is 4.42. The minimum Gasteiger partial charge on any atom is -0.399 e. The second-order valence-electron chi connectivity index (χ2n) is 4.42. The smallest absolute Gasteiger partial charge is 0.0707 e. The Morgan fingerprint density at radius 2 is 1.63 bits per heavy atom. The van der Waals surface area contributed by atoms with Crippen LogP contribution in [0.25, 0.3) is 23.1 Å². The molecule has 3 aromatic rings. The number of para-hydroxylation sites is 1. The van der Waals surface area contributed by atoms with Crippen molar-refractivity contribution in [2.75, 3.05) is 5.73 Å². The highest BCUT2D eigenvalue weighted by molar-refractivity contribution is 5.90. The van der Waals surface area contributed by atoms with Gasteiger partial charge in [0.2, 0.25) is 0 Å². The fourth-order valence-corrected chi connectivity index (χ4v) is 2.06. The van der Waals surface area contributed by atoms with Gasteiger partial charge in [0.05, 0.1) is 5.52 Å². The van der Waals surface area contributed by atoms with E-state index >= 15 is 0 Å². The Morgan fingerprint density at radius 3 is 2.47 bits per heavy atom. The van der Waals surface area contributed by atoms with Gasteiger partial charge < -0.3 is 5.73 Å². The minimum absolute atomic E-state index is 0.784. The summed E-state index contributed by atoms with van der Waals surface area (Å²) in [6, 6.07) is 18.0. The molecule has 0 amide bonds. The van der Waals surface area contributed by atoms with Gasteiger partial charge in [-0.05, 0) is 35.4 Å². The van der Waals surface area contributed by atoms with E-state index in [2.05, 4.69) is 23.2 Å². The minimum atomic E-state index is 0.784. The highest BCUT2D eigenvalue weighted by Crippen LogP contribution is 2.18. The van der Waals surface area contributed by atoms with Gasteiger partial charge in [0, 0.05) is 17.3 Å². The van der Waals surface area contributed by atoms with Crippen LogP contribution in [-0.4, -0.2) is 4.98 Å². The van der Waals surface area contributed by atoms with Crippen LogP contribution in [0, 0.1) is 0 Å². The summed E-state index contributed by atoms with van der Waals surface area (Å²) in [4.78, 5) is 4.36. The molecular formula is C17H14N2. The first-order valence-corrected chi connectivity index (χ1v) is 6.20. The molecule has 2 heteroatoms. The first-order valence-electron chi connectivity index (χ1n) is 6.20. The van der Waals surface area contributed by atoms with Gasteiger partial charge in [-0.3, -0.25) is 4.98 Å². The van der Waals surface area contributed by atoms with Gasteiger partial charge in [-0.2, -0.15) is 0 Å². The number of hydrogen-bond donors (Lipinski definition) is 1. The lowest BCUT2D eigenvalue weighted by Gasteiger charge is -2.01. The molecule has 0 saturated heterocycles. The van der Waals surface area contributed by atoms with E-state index in [4.69, 9.17) is 5.73 Å². The van der Waals surface area contributed by atoms with Crippen LogP contribution in [0.4, 0.5) is 5.69 Å². The summed E-state index contributed by atoms with van der Waals surface area (Å²) in [6.45, 7) is 0. The SMILES string of the molecule is Nc1ccc(C=Cc2ccnc3ccccc23)cc1. The number of hydrogen-bond acceptors (Lipinski definition) is 2. The molecule has 2 aromatic carbocycles. The number of aromatic nitrogens is 1. The van der Waals surface area contributed by atoms with Crippen LogP contribution >= 0.6 is 0 Å². The maximum Gasteiger partial charge on any atom is 0.0707 e. The number of anilines is 1. The summed E-state index contributed by atoms with van der Waals surface area (Å²) in [6.07, 6.45) is 6.03. The Hall–Kier alpha value is -2.61. The monoisotopic (exact) mass is 246 g/mol. The van der Waals surface area contributed by atoms with E-state index in [1.807, 2.05) is 54.7 Å². The van der Waals surface area contributed by atoms with E-state index in [9.17, 15) is 0 Å². The molecule has 0 radical (unpaired) electrons. The van der Waals surface area contributed by atoms with Crippen molar-refractivity contribution in [2.45, 2.75) is 0 Å². The van der Waals surface area contributed by atoms with E-state index in [0.717, 1.165) is 22.2 Å². The fourth-order valence-electron chi connectivity index (χ4n) is 2.06. The molecule has 0 unspecified atom stereocenters. The van der Waals surface area contributed by atoms with Crippen molar-refractivity contribution >= 4 is 28.7 Å². The van der Waals surface area contributed by atoms with Crippen LogP contribution in [0.2, 0.25) is 0 Å². The fraction of sp³-hybridized carbons (Fsp3) is 0.